The van der Waals surface area contributed by atoms with Crippen LogP contribution in [-0.4, -0.2) is 22.5 Å². The molecule has 0 aliphatic heterocycles. The van der Waals surface area contributed by atoms with Crippen molar-refractivity contribution in [2.45, 2.75) is 19.1 Å². The van der Waals surface area contributed by atoms with Crippen molar-refractivity contribution in [3.05, 3.63) is 50.9 Å². The van der Waals surface area contributed by atoms with E-state index in [-0.39, 0.29) is 18.9 Å². The van der Waals surface area contributed by atoms with Gasteiger partial charge in [-0.25, -0.2) is 4.98 Å². The molecular weight excluding hydrogens is 310 g/mol. The Labute approximate surface area is 131 Å². The Morgan fingerprint density at radius 1 is 1.43 bits per heavy atom. The zero-order valence-electron chi connectivity index (χ0n) is 11.3. The average Bonchev–Trinajstić information content (AvgIpc) is 2.93. The highest BCUT2D eigenvalue weighted by molar-refractivity contribution is 7.09. The molecule has 0 saturated carbocycles. The number of rotatable bonds is 6. The lowest BCUT2D eigenvalue weighted by Gasteiger charge is -2.12. The molecule has 1 heterocycles. The number of carbonyl (C=O) groups is 1. The van der Waals surface area contributed by atoms with E-state index in [1.165, 1.54) is 11.3 Å². The molecule has 21 heavy (non-hydrogen) atoms. The summed E-state index contributed by atoms with van der Waals surface area (Å²) >= 11 is 7.22. The number of aromatic nitrogens is 1. The van der Waals surface area contributed by atoms with E-state index in [9.17, 15) is 9.90 Å². The molecule has 0 fully saturated rings. The number of nitrogens with two attached hydrogens (primary N) is 1. The third-order valence-corrected chi connectivity index (χ3v) is 4.03. The van der Waals surface area contributed by atoms with Gasteiger partial charge in [0.25, 0.3) is 0 Å². The zero-order valence-corrected chi connectivity index (χ0v) is 12.8. The van der Waals surface area contributed by atoms with E-state index in [2.05, 4.69) is 10.3 Å². The third-order valence-electron chi connectivity index (χ3n) is 2.86. The Hall–Kier alpha value is -1.47. The fraction of sp³-hybridized carbons (Fsp3) is 0.286. The summed E-state index contributed by atoms with van der Waals surface area (Å²) in [5.41, 5.74) is 6.87. The number of nitrogens with zero attached hydrogens (tertiary/aromatic N) is 1. The first-order valence-corrected chi connectivity index (χ1v) is 7.68. The SMILES string of the molecule is NCc1nc(CC(=O)NCC(O)c2ccc(Cl)cc2)cs1. The Morgan fingerprint density at radius 3 is 2.76 bits per heavy atom. The van der Waals surface area contributed by atoms with Crippen LogP contribution in [-0.2, 0) is 17.8 Å². The summed E-state index contributed by atoms with van der Waals surface area (Å²) in [4.78, 5) is 16.0. The van der Waals surface area contributed by atoms with Gasteiger partial charge in [-0.2, -0.15) is 0 Å². The molecule has 0 spiro atoms. The second-order valence-electron chi connectivity index (χ2n) is 4.48. The van der Waals surface area contributed by atoms with Crippen molar-refractivity contribution in [2.24, 2.45) is 5.73 Å². The summed E-state index contributed by atoms with van der Waals surface area (Å²) in [6, 6.07) is 6.86. The maximum Gasteiger partial charge on any atom is 0.226 e. The van der Waals surface area contributed by atoms with Crippen LogP contribution in [0.15, 0.2) is 29.6 Å². The smallest absolute Gasteiger partial charge is 0.226 e. The van der Waals surface area contributed by atoms with E-state index in [0.717, 1.165) is 5.01 Å². The summed E-state index contributed by atoms with van der Waals surface area (Å²) in [5, 5.41) is 15.9. The summed E-state index contributed by atoms with van der Waals surface area (Å²) < 4.78 is 0. The standard InChI is InChI=1S/C14H16ClN3O2S/c15-10-3-1-9(2-4-10)12(19)7-17-13(20)5-11-8-21-14(6-16)18-11/h1-4,8,12,19H,5-7,16H2,(H,17,20). The monoisotopic (exact) mass is 325 g/mol. The minimum Gasteiger partial charge on any atom is -0.387 e. The highest BCUT2D eigenvalue weighted by Gasteiger charge is 2.11. The molecule has 2 rings (SSSR count). The van der Waals surface area contributed by atoms with Crippen molar-refractivity contribution >= 4 is 28.8 Å². The third kappa shape index (κ3) is 4.78. The maximum absolute atomic E-state index is 11.8. The molecule has 4 N–H and O–H groups in total. The Morgan fingerprint density at radius 2 is 2.14 bits per heavy atom. The van der Waals surface area contributed by atoms with Gasteiger partial charge in [-0.3, -0.25) is 4.79 Å². The number of hydrogen-bond acceptors (Lipinski definition) is 5. The molecule has 1 atom stereocenters. The fourth-order valence-electron chi connectivity index (χ4n) is 1.76. The topological polar surface area (TPSA) is 88.2 Å². The summed E-state index contributed by atoms with van der Waals surface area (Å²) in [6.45, 7) is 0.524. The lowest BCUT2D eigenvalue weighted by Crippen LogP contribution is -2.29. The zero-order chi connectivity index (χ0) is 15.2. The molecule has 0 aliphatic carbocycles. The highest BCUT2D eigenvalue weighted by Crippen LogP contribution is 2.16. The van der Waals surface area contributed by atoms with Crippen LogP contribution >= 0.6 is 22.9 Å². The molecular formula is C14H16ClN3O2S. The van der Waals surface area contributed by atoms with Gasteiger partial charge in [-0.15, -0.1) is 11.3 Å². The number of aliphatic hydroxyl groups excluding tert-OH is 1. The number of nitrogens with one attached hydrogen (secondary N) is 1. The number of thiazole rings is 1. The molecule has 2 aromatic rings. The van der Waals surface area contributed by atoms with Crippen LogP contribution in [0.3, 0.4) is 0 Å². The summed E-state index contributed by atoms with van der Waals surface area (Å²) in [5.74, 6) is -0.183. The van der Waals surface area contributed by atoms with Crippen LogP contribution in [0.25, 0.3) is 0 Å². The largest absolute Gasteiger partial charge is 0.387 e. The first-order chi connectivity index (χ1) is 10.1. The first-order valence-electron chi connectivity index (χ1n) is 6.42. The van der Waals surface area contributed by atoms with Gasteiger partial charge in [-0.05, 0) is 17.7 Å². The van der Waals surface area contributed by atoms with Crippen molar-refractivity contribution in [1.82, 2.24) is 10.3 Å². The number of halogens is 1. The molecule has 0 aliphatic rings. The van der Waals surface area contributed by atoms with E-state index in [1.807, 2.05) is 5.38 Å². The number of benzene rings is 1. The lowest BCUT2D eigenvalue weighted by molar-refractivity contribution is -0.120. The van der Waals surface area contributed by atoms with Gasteiger partial charge in [-0.1, -0.05) is 23.7 Å². The van der Waals surface area contributed by atoms with Crippen molar-refractivity contribution < 1.29 is 9.90 Å². The van der Waals surface area contributed by atoms with Crippen LogP contribution in [0.1, 0.15) is 22.4 Å². The van der Waals surface area contributed by atoms with Crippen molar-refractivity contribution in [2.75, 3.05) is 6.54 Å². The van der Waals surface area contributed by atoms with Crippen LogP contribution in [0.5, 0.6) is 0 Å². The predicted octanol–water partition coefficient (Wildman–Crippen LogP) is 1.65. The second kappa shape index (κ2) is 7.51. The molecule has 1 aromatic carbocycles. The average molecular weight is 326 g/mol. The molecule has 1 aromatic heterocycles. The number of amides is 1. The molecule has 0 saturated heterocycles. The van der Waals surface area contributed by atoms with Gasteiger partial charge >= 0.3 is 0 Å². The van der Waals surface area contributed by atoms with Crippen LogP contribution in [0, 0.1) is 0 Å². The quantitative estimate of drug-likeness (QED) is 0.753. The van der Waals surface area contributed by atoms with Crippen molar-refractivity contribution in [1.29, 1.82) is 0 Å². The van der Waals surface area contributed by atoms with Gasteiger partial charge in [0, 0.05) is 23.5 Å². The Kier molecular flexibility index (Phi) is 5.69. The molecule has 0 bridgehead atoms. The fourth-order valence-corrected chi connectivity index (χ4v) is 2.56. The first kappa shape index (κ1) is 15.9. The number of hydrogen-bond donors (Lipinski definition) is 3. The van der Waals surface area contributed by atoms with Crippen LogP contribution in [0.4, 0.5) is 0 Å². The number of carbonyl (C=O) groups excluding carboxylic acids is 1. The molecule has 1 amide bonds. The minimum atomic E-state index is -0.763. The van der Waals surface area contributed by atoms with Gasteiger partial charge in [0.2, 0.25) is 5.91 Å². The second-order valence-corrected chi connectivity index (χ2v) is 5.86. The molecule has 5 nitrogen and oxygen atoms in total. The van der Waals surface area contributed by atoms with Gasteiger partial charge in [0.05, 0.1) is 18.2 Å². The van der Waals surface area contributed by atoms with Crippen molar-refractivity contribution in [3.8, 4) is 0 Å². The van der Waals surface area contributed by atoms with E-state index in [0.29, 0.717) is 22.8 Å². The van der Waals surface area contributed by atoms with E-state index < -0.39 is 6.10 Å². The Bertz CT molecular complexity index is 601. The van der Waals surface area contributed by atoms with E-state index in [4.69, 9.17) is 17.3 Å². The minimum absolute atomic E-state index is 0.147. The van der Waals surface area contributed by atoms with Gasteiger partial charge in [0.1, 0.15) is 5.01 Å². The maximum atomic E-state index is 11.8. The normalized spacial score (nSPS) is 12.1. The predicted molar refractivity (Wildman–Crippen MR) is 83.1 cm³/mol. The molecule has 0 radical (unpaired) electrons. The highest BCUT2D eigenvalue weighted by atomic mass is 35.5. The Balaban J connectivity index is 1.81. The summed E-state index contributed by atoms with van der Waals surface area (Å²) in [7, 11) is 0. The van der Waals surface area contributed by atoms with E-state index in [1.54, 1.807) is 24.3 Å². The molecule has 112 valence electrons. The van der Waals surface area contributed by atoms with E-state index >= 15 is 0 Å². The number of aliphatic hydroxyl groups is 1. The molecule has 7 heteroatoms. The lowest BCUT2D eigenvalue weighted by atomic mass is 10.1. The van der Waals surface area contributed by atoms with Crippen molar-refractivity contribution in [3.63, 3.8) is 0 Å². The van der Waals surface area contributed by atoms with Gasteiger partial charge in [0.15, 0.2) is 0 Å². The van der Waals surface area contributed by atoms with Crippen LogP contribution in [0.2, 0.25) is 5.02 Å². The molecule has 1 unspecified atom stereocenters. The van der Waals surface area contributed by atoms with Gasteiger partial charge < -0.3 is 16.2 Å². The van der Waals surface area contributed by atoms with Crippen LogP contribution < -0.4 is 11.1 Å². The summed E-state index contributed by atoms with van der Waals surface area (Å²) in [6.07, 6.45) is -0.578.